The second-order valence-electron chi connectivity index (χ2n) is 4.14. The van der Waals surface area contributed by atoms with E-state index >= 15 is 0 Å². The Balaban J connectivity index is 2.90. The molecule has 1 rings (SSSR count). The number of halogens is 1. The maximum atomic E-state index is 11.9. The molecule has 0 aliphatic carbocycles. The molecule has 3 N–H and O–H groups in total. The van der Waals surface area contributed by atoms with E-state index in [2.05, 4.69) is 10.3 Å². The maximum Gasteiger partial charge on any atom is 0.254 e. The van der Waals surface area contributed by atoms with Crippen LogP contribution in [-0.2, 0) is 0 Å². The van der Waals surface area contributed by atoms with Crippen LogP contribution in [0.5, 0.6) is 0 Å². The SMILES string of the molecule is Cc1cc(Cl)c(C(=O)NC(C)(CO)CO)cn1. The van der Waals surface area contributed by atoms with E-state index in [4.69, 9.17) is 21.8 Å². The Morgan fingerprint density at radius 1 is 1.53 bits per heavy atom. The van der Waals surface area contributed by atoms with Gasteiger partial charge in [-0.25, -0.2) is 0 Å². The number of carbonyl (C=O) groups excluding carboxylic acids is 1. The molecule has 0 saturated heterocycles. The Morgan fingerprint density at radius 2 is 2.12 bits per heavy atom. The van der Waals surface area contributed by atoms with Crippen LogP contribution in [0.15, 0.2) is 12.3 Å². The van der Waals surface area contributed by atoms with Crippen molar-refractivity contribution in [3.8, 4) is 0 Å². The zero-order valence-corrected chi connectivity index (χ0v) is 10.5. The minimum atomic E-state index is -1.08. The van der Waals surface area contributed by atoms with Crippen molar-refractivity contribution in [2.45, 2.75) is 19.4 Å². The standard InChI is InChI=1S/C11H15ClN2O3/c1-7-3-9(12)8(4-13-7)10(17)14-11(2,5-15)6-16/h3-4,15-16H,5-6H2,1-2H3,(H,14,17). The molecule has 0 atom stereocenters. The first-order valence-electron chi connectivity index (χ1n) is 5.08. The summed E-state index contributed by atoms with van der Waals surface area (Å²) in [7, 11) is 0. The van der Waals surface area contributed by atoms with Crippen LogP contribution in [-0.4, -0.2) is 39.9 Å². The third kappa shape index (κ3) is 3.39. The average Bonchev–Trinajstić information content (AvgIpc) is 2.28. The molecule has 94 valence electrons. The van der Waals surface area contributed by atoms with Gasteiger partial charge in [0.1, 0.15) is 0 Å². The minimum absolute atomic E-state index is 0.213. The second-order valence-corrected chi connectivity index (χ2v) is 4.54. The molecule has 5 nitrogen and oxygen atoms in total. The number of aliphatic hydroxyl groups is 2. The lowest BCUT2D eigenvalue weighted by Gasteiger charge is -2.26. The third-order valence-electron chi connectivity index (χ3n) is 2.35. The molecule has 0 radical (unpaired) electrons. The molecule has 0 aliphatic heterocycles. The molecule has 0 aliphatic rings. The predicted molar refractivity (Wildman–Crippen MR) is 64.0 cm³/mol. The summed E-state index contributed by atoms with van der Waals surface area (Å²) in [4.78, 5) is 15.8. The maximum absolute atomic E-state index is 11.9. The lowest BCUT2D eigenvalue weighted by molar-refractivity contribution is 0.0723. The number of aryl methyl sites for hydroxylation is 1. The van der Waals surface area contributed by atoms with Crippen molar-refractivity contribution < 1.29 is 15.0 Å². The molecule has 0 spiro atoms. The quantitative estimate of drug-likeness (QED) is 0.735. The van der Waals surface area contributed by atoms with E-state index in [0.29, 0.717) is 5.69 Å². The zero-order valence-electron chi connectivity index (χ0n) is 9.70. The highest BCUT2D eigenvalue weighted by Crippen LogP contribution is 2.16. The summed E-state index contributed by atoms with van der Waals surface area (Å²) in [6, 6.07) is 1.58. The van der Waals surface area contributed by atoms with Crippen LogP contribution >= 0.6 is 11.6 Å². The molecule has 1 aromatic rings. The van der Waals surface area contributed by atoms with Gasteiger partial charge in [-0.05, 0) is 19.9 Å². The van der Waals surface area contributed by atoms with E-state index < -0.39 is 11.4 Å². The van der Waals surface area contributed by atoms with Crippen LogP contribution in [0.1, 0.15) is 23.0 Å². The monoisotopic (exact) mass is 258 g/mol. The number of aromatic nitrogens is 1. The topological polar surface area (TPSA) is 82.5 Å². The Bertz CT molecular complexity index is 419. The average molecular weight is 259 g/mol. The highest BCUT2D eigenvalue weighted by atomic mass is 35.5. The van der Waals surface area contributed by atoms with Crippen LogP contribution < -0.4 is 5.32 Å². The van der Waals surface area contributed by atoms with Crippen molar-refractivity contribution in [1.29, 1.82) is 0 Å². The minimum Gasteiger partial charge on any atom is -0.394 e. The van der Waals surface area contributed by atoms with Crippen molar-refractivity contribution >= 4 is 17.5 Å². The molecule has 1 amide bonds. The number of aliphatic hydroxyl groups excluding tert-OH is 2. The highest BCUT2D eigenvalue weighted by Gasteiger charge is 2.26. The third-order valence-corrected chi connectivity index (χ3v) is 2.66. The molecule has 6 heteroatoms. The number of rotatable bonds is 4. The first-order chi connectivity index (χ1) is 7.91. The van der Waals surface area contributed by atoms with Gasteiger partial charge in [0.25, 0.3) is 5.91 Å². The number of amides is 1. The number of pyridine rings is 1. The van der Waals surface area contributed by atoms with Gasteiger partial charge in [-0.1, -0.05) is 11.6 Å². The lowest BCUT2D eigenvalue weighted by atomic mass is 10.0. The van der Waals surface area contributed by atoms with Gasteiger partial charge in [-0.3, -0.25) is 9.78 Å². The van der Waals surface area contributed by atoms with Gasteiger partial charge >= 0.3 is 0 Å². The summed E-state index contributed by atoms with van der Waals surface area (Å²) in [6.45, 7) is 2.55. The molecule has 0 bridgehead atoms. The largest absolute Gasteiger partial charge is 0.394 e. The van der Waals surface area contributed by atoms with Gasteiger partial charge in [-0.15, -0.1) is 0 Å². The van der Waals surface area contributed by atoms with Gasteiger partial charge in [-0.2, -0.15) is 0 Å². The first kappa shape index (κ1) is 13.9. The van der Waals surface area contributed by atoms with Crippen LogP contribution in [0.25, 0.3) is 0 Å². The van der Waals surface area contributed by atoms with E-state index in [1.807, 2.05) is 0 Å². The number of hydrogen-bond acceptors (Lipinski definition) is 4. The van der Waals surface area contributed by atoms with Crippen LogP contribution in [0, 0.1) is 6.92 Å². The molecule has 0 unspecified atom stereocenters. The van der Waals surface area contributed by atoms with Gasteiger partial charge in [0.15, 0.2) is 0 Å². The lowest BCUT2D eigenvalue weighted by Crippen LogP contribution is -2.51. The van der Waals surface area contributed by atoms with Gasteiger partial charge in [0, 0.05) is 11.9 Å². The molecule has 0 aromatic carbocycles. The molecule has 17 heavy (non-hydrogen) atoms. The fourth-order valence-electron chi connectivity index (χ4n) is 1.16. The van der Waals surface area contributed by atoms with Crippen molar-refractivity contribution in [1.82, 2.24) is 10.3 Å². The van der Waals surface area contributed by atoms with Crippen molar-refractivity contribution in [3.05, 3.63) is 28.5 Å². The van der Waals surface area contributed by atoms with Crippen molar-refractivity contribution in [2.24, 2.45) is 0 Å². The zero-order chi connectivity index (χ0) is 13.1. The molecule has 0 saturated carbocycles. The summed E-state index contributed by atoms with van der Waals surface area (Å²) in [6.07, 6.45) is 1.36. The normalized spacial score (nSPS) is 11.4. The van der Waals surface area contributed by atoms with E-state index in [-0.39, 0.29) is 23.8 Å². The van der Waals surface area contributed by atoms with Gasteiger partial charge < -0.3 is 15.5 Å². The van der Waals surface area contributed by atoms with Gasteiger partial charge in [0.2, 0.25) is 0 Å². The number of nitrogens with zero attached hydrogens (tertiary/aromatic N) is 1. The van der Waals surface area contributed by atoms with Crippen molar-refractivity contribution in [3.63, 3.8) is 0 Å². The van der Waals surface area contributed by atoms with E-state index in [1.54, 1.807) is 13.0 Å². The van der Waals surface area contributed by atoms with Crippen LogP contribution in [0.3, 0.4) is 0 Å². The van der Waals surface area contributed by atoms with E-state index in [0.717, 1.165) is 0 Å². The summed E-state index contributed by atoms with van der Waals surface area (Å²) >= 11 is 5.91. The summed E-state index contributed by atoms with van der Waals surface area (Å²) < 4.78 is 0. The molecule has 1 aromatic heterocycles. The van der Waals surface area contributed by atoms with Crippen LogP contribution in [0.2, 0.25) is 5.02 Å². The Kier molecular flexibility index (Phi) is 4.45. The Labute approximate surface area is 104 Å². The van der Waals surface area contributed by atoms with E-state index in [1.165, 1.54) is 13.1 Å². The Hall–Kier alpha value is -1.17. The Morgan fingerprint density at radius 3 is 2.59 bits per heavy atom. The highest BCUT2D eigenvalue weighted by molar-refractivity contribution is 6.33. The second kappa shape index (κ2) is 5.44. The van der Waals surface area contributed by atoms with Crippen molar-refractivity contribution in [2.75, 3.05) is 13.2 Å². The first-order valence-corrected chi connectivity index (χ1v) is 5.46. The fraction of sp³-hybridized carbons (Fsp3) is 0.455. The van der Waals surface area contributed by atoms with Gasteiger partial charge in [0.05, 0.1) is 29.3 Å². The fourth-order valence-corrected chi connectivity index (χ4v) is 1.46. The summed E-state index contributed by atoms with van der Waals surface area (Å²) in [5.41, 5.74) is -0.158. The number of carbonyl (C=O) groups is 1. The molecular weight excluding hydrogens is 244 g/mol. The molecule has 0 fully saturated rings. The summed E-state index contributed by atoms with van der Waals surface area (Å²) in [5.74, 6) is -0.479. The molecule has 1 heterocycles. The van der Waals surface area contributed by atoms with Crippen LogP contribution in [0.4, 0.5) is 0 Å². The molecular formula is C11H15ClN2O3. The number of hydrogen-bond donors (Lipinski definition) is 3. The number of nitrogens with one attached hydrogen (secondary N) is 1. The predicted octanol–water partition coefficient (Wildman–Crippen LogP) is 0.517. The summed E-state index contributed by atoms with van der Waals surface area (Å²) in [5, 5.41) is 20.9. The smallest absolute Gasteiger partial charge is 0.254 e. The van der Waals surface area contributed by atoms with E-state index in [9.17, 15) is 4.79 Å².